The molecular formula is C45H33NS. The normalized spacial score (nSPS) is 13.1. The SMILES string of the molecule is CC1(C)c2ccccc2-c2ccc(N(c3ccc(-c4ccccc4)cc3)c3cc(-c4ccccc4)cc4c3sc3ccccc34)cc21. The summed E-state index contributed by atoms with van der Waals surface area (Å²) in [5.41, 5.74) is 13.7. The van der Waals surface area contributed by atoms with E-state index in [1.165, 1.54) is 76.1 Å². The van der Waals surface area contributed by atoms with Crippen LogP contribution in [-0.4, -0.2) is 0 Å². The van der Waals surface area contributed by atoms with Gasteiger partial charge in [-0.15, -0.1) is 11.3 Å². The van der Waals surface area contributed by atoms with Crippen LogP contribution in [0.4, 0.5) is 17.1 Å². The van der Waals surface area contributed by atoms with Gasteiger partial charge in [0.05, 0.1) is 10.4 Å². The average molecular weight is 620 g/mol. The van der Waals surface area contributed by atoms with Gasteiger partial charge in [-0.2, -0.15) is 0 Å². The predicted molar refractivity (Wildman–Crippen MR) is 202 cm³/mol. The summed E-state index contributed by atoms with van der Waals surface area (Å²) >= 11 is 1.88. The van der Waals surface area contributed by atoms with Gasteiger partial charge < -0.3 is 4.90 Å². The molecule has 0 aliphatic heterocycles. The van der Waals surface area contributed by atoms with E-state index in [0.717, 1.165) is 5.69 Å². The molecule has 0 atom stereocenters. The quantitative estimate of drug-likeness (QED) is 0.185. The molecule has 1 aromatic heterocycles. The van der Waals surface area contributed by atoms with Crippen molar-refractivity contribution >= 4 is 48.6 Å². The van der Waals surface area contributed by atoms with Gasteiger partial charge in [0.15, 0.2) is 0 Å². The van der Waals surface area contributed by atoms with Crippen LogP contribution in [0.2, 0.25) is 0 Å². The van der Waals surface area contributed by atoms with Crippen molar-refractivity contribution in [3.05, 3.63) is 175 Å². The molecule has 0 amide bonds. The summed E-state index contributed by atoms with van der Waals surface area (Å²) in [7, 11) is 0. The fourth-order valence-corrected chi connectivity index (χ4v) is 8.65. The molecule has 7 aromatic carbocycles. The first-order valence-corrected chi connectivity index (χ1v) is 17.1. The molecule has 0 radical (unpaired) electrons. The van der Waals surface area contributed by atoms with Gasteiger partial charge in [-0.25, -0.2) is 0 Å². The summed E-state index contributed by atoms with van der Waals surface area (Å²) < 4.78 is 2.60. The highest BCUT2D eigenvalue weighted by atomic mass is 32.1. The largest absolute Gasteiger partial charge is 0.309 e. The topological polar surface area (TPSA) is 3.24 Å². The van der Waals surface area contributed by atoms with Crippen LogP contribution in [0, 0.1) is 0 Å². The Hall–Kier alpha value is -5.44. The van der Waals surface area contributed by atoms with E-state index in [0.29, 0.717) is 0 Å². The second kappa shape index (κ2) is 10.8. The molecule has 47 heavy (non-hydrogen) atoms. The van der Waals surface area contributed by atoms with Crippen molar-refractivity contribution in [3.8, 4) is 33.4 Å². The van der Waals surface area contributed by atoms with Crippen molar-refractivity contribution in [1.82, 2.24) is 0 Å². The molecule has 0 bridgehead atoms. The molecular weight excluding hydrogens is 587 g/mol. The van der Waals surface area contributed by atoms with Crippen molar-refractivity contribution in [2.24, 2.45) is 0 Å². The van der Waals surface area contributed by atoms with Crippen LogP contribution in [0.25, 0.3) is 53.6 Å². The number of anilines is 3. The summed E-state index contributed by atoms with van der Waals surface area (Å²) in [6.07, 6.45) is 0. The summed E-state index contributed by atoms with van der Waals surface area (Å²) in [4.78, 5) is 2.48. The molecule has 0 spiro atoms. The monoisotopic (exact) mass is 619 g/mol. The van der Waals surface area contributed by atoms with Gasteiger partial charge in [0, 0.05) is 32.3 Å². The number of hydrogen-bond donors (Lipinski definition) is 0. The van der Waals surface area contributed by atoms with Crippen LogP contribution in [0.3, 0.4) is 0 Å². The van der Waals surface area contributed by atoms with Crippen molar-refractivity contribution in [2.45, 2.75) is 19.3 Å². The molecule has 1 heterocycles. The van der Waals surface area contributed by atoms with E-state index in [4.69, 9.17) is 0 Å². The third-order valence-electron chi connectivity index (χ3n) is 9.86. The van der Waals surface area contributed by atoms with Crippen LogP contribution in [0.5, 0.6) is 0 Å². The molecule has 1 aliphatic rings. The maximum atomic E-state index is 2.48. The molecule has 0 saturated carbocycles. The van der Waals surface area contributed by atoms with Crippen LogP contribution in [0.1, 0.15) is 25.0 Å². The van der Waals surface area contributed by atoms with Gasteiger partial charge in [-0.05, 0) is 87.0 Å². The molecule has 2 heteroatoms. The van der Waals surface area contributed by atoms with Gasteiger partial charge in [-0.1, -0.05) is 135 Å². The van der Waals surface area contributed by atoms with Crippen LogP contribution in [-0.2, 0) is 5.41 Å². The zero-order chi connectivity index (χ0) is 31.5. The molecule has 0 unspecified atom stereocenters. The molecule has 9 rings (SSSR count). The number of fused-ring (bicyclic) bond motifs is 6. The Bertz CT molecular complexity index is 2420. The summed E-state index contributed by atoms with van der Waals surface area (Å²) in [6.45, 7) is 4.72. The highest BCUT2D eigenvalue weighted by molar-refractivity contribution is 7.26. The Morgan fingerprint density at radius 2 is 1.04 bits per heavy atom. The first kappa shape index (κ1) is 27.8. The first-order chi connectivity index (χ1) is 23.1. The fourth-order valence-electron chi connectivity index (χ4n) is 7.46. The third-order valence-corrected chi connectivity index (χ3v) is 11.1. The van der Waals surface area contributed by atoms with Gasteiger partial charge in [-0.3, -0.25) is 0 Å². The molecule has 0 saturated heterocycles. The Kier molecular flexibility index (Phi) is 6.41. The average Bonchev–Trinajstić information content (AvgIpc) is 3.62. The lowest BCUT2D eigenvalue weighted by atomic mass is 9.82. The van der Waals surface area contributed by atoms with Crippen molar-refractivity contribution in [1.29, 1.82) is 0 Å². The minimum absolute atomic E-state index is 0.0937. The fraction of sp³-hybridized carbons (Fsp3) is 0.0667. The minimum atomic E-state index is -0.0937. The number of benzene rings is 7. The van der Waals surface area contributed by atoms with E-state index in [2.05, 4.69) is 183 Å². The lowest BCUT2D eigenvalue weighted by Gasteiger charge is -2.29. The molecule has 1 aliphatic carbocycles. The van der Waals surface area contributed by atoms with Crippen LogP contribution >= 0.6 is 11.3 Å². The van der Waals surface area contributed by atoms with Gasteiger partial charge in [0.2, 0.25) is 0 Å². The van der Waals surface area contributed by atoms with E-state index in [1.54, 1.807) is 0 Å². The molecule has 224 valence electrons. The lowest BCUT2D eigenvalue weighted by Crippen LogP contribution is -2.16. The van der Waals surface area contributed by atoms with E-state index in [-0.39, 0.29) is 5.41 Å². The summed E-state index contributed by atoms with van der Waals surface area (Å²) in [6, 6.07) is 60.1. The third kappa shape index (κ3) is 4.52. The van der Waals surface area contributed by atoms with E-state index >= 15 is 0 Å². The Labute approximate surface area is 280 Å². The van der Waals surface area contributed by atoms with E-state index < -0.39 is 0 Å². The maximum Gasteiger partial charge on any atom is 0.0646 e. The minimum Gasteiger partial charge on any atom is -0.309 e. The molecule has 8 aromatic rings. The predicted octanol–water partition coefficient (Wildman–Crippen LogP) is 13.2. The summed E-state index contributed by atoms with van der Waals surface area (Å²) in [5, 5.41) is 2.60. The Morgan fingerprint density at radius 3 is 1.81 bits per heavy atom. The zero-order valence-electron chi connectivity index (χ0n) is 26.4. The maximum absolute atomic E-state index is 2.48. The Balaban J connectivity index is 1.31. The second-order valence-corrected chi connectivity index (χ2v) is 14.0. The number of nitrogens with zero attached hydrogens (tertiary/aromatic N) is 1. The standard InChI is InChI=1S/C45H33NS/c1-45(2)40-19-11-9-17-36(40)37-26-25-35(29-41(37)45)46(34-23-21-32(22-24-34)30-13-5-3-6-14-30)42-28-33(31-15-7-4-8-16-31)27-39-38-18-10-12-20-43(38)47-44(39)42/h3-29H,1-2H3. The molecule has 0 fully saturated rings. The molecule has 0 N–H and O–H groups in total. The highest BCUT2D eigenvalue weighted by Crippen LogP contribution is 2.52. The number of thiophene rings is 1. The number of hydrogen-bond acceptors (Lipinski definition) is 2. The van der Waals surface area contributed by atoms with E-state index in [1.807, 2.05) is 11.3 Å². The van der Waals surface area contributed by atoms with Gasteiger partial charge in [0.1, 0.15) is 0 Å². The van der Waals surface area contributed by atoms with Gasteiger partial charge in [0.25, 0.3) is 0 Å². The first-order valence-electron chi connectivity index (χ1n) is 16.3. The van der Waals surface area contributed by atoms with Crippen LogP contribution < -0.4 is 4.90 Å². The van der Waals surface area contributed by atoms with E-state index in [9.17, 15) is 0 Å². The second-order valence-electron chi connectivity index (χ2n) is 13.0. The smallest absolute Gasteiger partial charge is 0.0646 e. The van der Waals surface area contributed by atoms with Crippen molar-refractivity contribution in [3.63, 3.8) is 0 Å². The van der Waals surface area contributed by atoms with Gasteiger partial charge >= 0.3 is 0 Å². The highest BCUT2D eigenvalue weighted by Gasteiger charge is 2.36. The number of rotatable bonds is 5. The van der Waals surface area contributed by atoms with Crippen molar-refractivity contribution in [2.75, 3.05) is 4.90 Å². The zero-order valence-corrected chi connectivity index (χ0v) is 27.3. The Morgan fingerprint density at radius 1 is 0.447 bits per heavy atom. The summed E-state index contributed by atoms with van der Waals surface area (Å²) in [5.74, 6) is 0. The lowest BCUT2D eigenvalue weighted by molar-refractivity contribution is 0.660. The van der Waals surface area contributed by atoms with Crippen LogP contribution in [0.15, 0.2) is 164 Å². The molecule has 1 nitrogen and oxygen atoms in total. The van der Waals surface area contributed by atoms with Crippen molar-refractivity contribution < 1.29 is 0 Å².